The van der Waals surface area contributed by atoms with Crippen molar-refractivity contribution in [3.05, 3.63) is 33.4 Å². The van der Waals surface area contributed by atoms with E-state index < -0.39 is 11.6 Å². The molecule has 3 saturated heterocycles. The molecule has 6 heteroatoms. The number of fused-ring (bicyclic) bond motifs is 1. The minimum Gasteiger partial charge on any atom is -0.454 e. The highest BCUT2D eigenvalue weighted by molar-refractivity contribution is 8.02. The van der Waals surface area contributed by atoms with E-state index in [4.69, 9.17) is 4.74 Å². The Hall–Kier alpha value is -0.820. The molecule has 4 heterocycles. The van der Waals surface area contributed by atoms with Crippen molar-refractivity contribution in [1.82, 2.24) is 4.90 Å². The molecule has 0 aromatic carbocycles. The molecule has 4 aliphatic rings. The number of esters is 1. The van der Waals surface area contributed by atoms with Crippen LogP contribution in [0.15, 0.2) is 28.5 Å². The van der Waals surface area contributed by atoms with Crippen LogP contribution in [0.2, 0.25) is 0 Å². The summed E-state index contributed by atoms with van der Waals surface area (Å²) in [6, 6.07) is 3.66. The average Bonchev–Trinajstić information content (AvgIpc) is 2.94. The Kier molecular flexibility index (Phi) is 3.65. The monoisotopic (exact) mass is 351 g/mol. The van der Waals surface area contributed by atoms with Gasteiger partial charge in [-0.15, -0.1) is 23.1 Å². The van der Waals surface area contributed by atoms with Crippen molar-refractivity contribution < 1.29 is 14.6 Å². The third-order valence-corrected chi connectivity index (χ3v) is 7.56. The Morgan fingerprint density at radius 2 is 2.43 bits per heavy atom. The molecule has 5 unspecified atom stereocenters. The number of aliphatic hydroxyl groups is 1. The highest BCUT2D eigenvalue weighted by Crippen LogP contribution is 2.63. The topological polar surface area (TPSA) is 49.8 Å². The maximum Gasteiger partial charge on any atom is 0.349 e. The molecule has 5 atom stereocenters. The molecule has 0 amide bonds. The minimum atomic E-state index is -1.68. The molecule has 4 nitrogen and oxygen atoms in total. The van der Waals surface area contributed by atoms with Gasteiger partial charge in [0.25, 0.3) is 0 Å². The fourth-order valence-electron chi connectivity index (χ4n) is 4.43. The van der Waals surface area contributed by atoms with E-state index in [1.165, 1.54) is 23.1 Å². The predicted molar refractivity (Wildman–Crippen MR) is 92.3 cm³/mol. The van der Waals surface area contributed by atoms with Crippen LogP contribution in [0, 0.1) is 11.8 Å². The summed E-state index contributed by atoms with van der Waals surface area (Å²) >= 11 is 2.78. The first kappa shape index (κ1) is 15.7. The summed E-state index contributed by atoms with van der Waals surface area (Å²) in [6.07, 6.45) is 4.79. The van der Waals surface area contributed by atoms with Crippen LogP contribution in [-0.4, -0.2) is 47.5 Å². The van der Waals surface area contributed by atoms with Crippen molar-refractivity contribution in [2.75, 3.05) is 25.9 Å². The zero-order valence-corrected chi connectivity index (χ0v) is 15.0. The maximum absolute atomic E-state index is 13.0. The molecule has 1 aromatic heterocycles. The Morgan fingerprint density at radius 3 is 2.91 bits per heavy atom. The number of thioether (sulfide) groups is 1. The van der Waals surface area contributed by atoms with Crippen molar-refractivity contribution in [2.45, 2.75) is 24.5 Å². The average molecular weight is 351 g/mol. The summed E-state index contributed by atoms with van der Waals surface area (Å²) < 4.78 is 6.00. The van der Waals surface area contributed by atoms with Gasteiger partial charge >= 0.3 is 5.97 Å². The normalized spacial score (nSPS) is 37.3. The number of ether oxygens (including phenoxy) is 1. The molecule has 23 heavy (non-hydrogen) atoms. The number of nitrogens with zero attached hydrogens (tertiary/aromatic N) is 1. The van der Waals surface area contributed by atoms with E-state index in [-0.39, 0.29) is 5.60 Å². The largest absolute Gasteiger partial charge is 0.454 e. The van der Waals surface area contributed by atoms with Crippen LogP contribution < -0.4 is 0 Å². The molecule has 4 fully saturated rings. The molecular formula is C17H21NO3S2. The second-order valence-corrected chi connectivity index (χ2v) is 8.42. The number of hydrogen-bond donors (Lipinski definition) is 1. The first-order valence-corrected chi connectivity index (χ1v) is 10.1. The summed E-state index contributed by atoms with van der Waals surface area (Å²) in [5, 5.41) is 13.2. The zero-order valence-electron chi connectivity index (χ0n) is 13.3. The van der Waals surface area contributed by atoms with Crippen LogP contribution in [0.25, 0.3) is 0 Å². The molecule has 0 radical (unpaired) electrons. The van der Waals surface area contributed by atoms with Crippen LogP contribution in [0.4, 0.5) is 0 Å². The van der Waals surface area contributed by atoms with Crippen LogP contribution in [-0.2, 0) is 15.1 Å². The number of hydrogen-bond acceptors (Lipinski definition) is 6. The number of carbonyl (C=O) groups is 1. The van der Waals surface area contributed by atoms with Gasteiger partial charge in [0.1, 0.15) is 5.60 Å². The number of piperidine rings is 3. The zero-order chi connectivity index (χ0) is 16.2. The number of allylic oxidation sites excluding steroid dienone is 1. The summed E-state index contributed by atoms with van der Waals surface area (Å²) in [5.74, 6) is 0.446. The van der Waals surface area contributed by atoms with Gasteiger partial charge in [0.05, 0.1) is 4.88 Å². The summed E-state index contributed by atoms with van der Waals surface area (Å²) in [5.41, 5.74) is -2.01. The fraction of sp³-hybridized carbons (Fsp3) is 0.588. The quantitative estimate of drug-likeness (QED) is 0.826. The Labute approximate surface area is 144 Å². The fourth-order valence-corrected chi connectivity index (χ4v) is 6.05. The van der Waals surface area contributed by atoms with Crippen LogP contribution in [0.3, 0.4) is 0 Å². The van der Waals surface area contributed by atoms with E-state index >= 15 is 0 Å². The Bertz CT molecular complexity index is 653. The highest BCUT2D eigenvalue weighted by Gasteiger charge is 2.74. The molecule has 1 N–H and O–H groups in total. The van der Waals surface area contributed by atoms with Gasteiger partial charge in [0.2, 0.25) is 5.60 Å². The van der Waals surface area contributed by atoms with Crippen molar-refractivity contribution in [3.63, 3.8) is 0 Å². The standard InChI is InChI=1S/C17H21NO3S2/c1-3-13(22-2)17(20,14-5-4-8-23-14)15(19)21-16-10-18-7-6-11(16)12(16)9-18/h3-5,8,11-12,20H,6-7,9-10H2,1-2H3. The lowest BCUT2D eigenvalue weighted by Crippen LogP contribution is -2.44. The highest BCUT2D eigenvalue weighted by atomic mass is 32.2. The second-order valence-electron chi connectivity index (χ2n) is 6.63. The molecular weight excluding hydrogens is 330 g/mol. The molecule has 1 saturated carbocycles. The Morgan fingerprint density at radius 1 is 1.61 bits per heavy atom. The van der Waals surface area contributed by atoms with Crippen LogP contribution in [0.5, 0.6) is 0 Å². The van der Waals surface area contributed by atoms with E-state index in [9.17, 15) is 9.90 Å². The van der Waals surface area contributed by atoms with E-state index in [0.717, 1.165) is 26.1 Å². The molecule has 5 rings (SSSR count). The molecule has 1 aromatic rings. The number of thiophene rings is 1. The van der Waals surface area contributed by atoms with E-state index in [1.807, 2.05) is 24.6 Å². The minimum absolute atomic E-state index is 0.335. The summed E-state index contributed by atoms with van der Waals surface area (Å²) in [4.78, 5) is 16.7. The van der Waals surface area contributed by atoms with E-state index in [2.05, 4.69) is 4.90 Å². The molecule has 0 spiro atoms. The SMILES string of the molecule is CC=C(SC)C(O)(C(=O)OC12CN3CCC1C2C3)c1cccs1. The van der Waals surface area contributed by atoms with E-state index in [1.54, 1.807) is 12.1 Å². The third kappa shape index (κ3) is 2.08. The van der Waals surface area contributed by atoms with Gasteiger partial charge in [0.15, 0.2) is 0 Å². The van der Waals surface area contributed by atoms with Gasteiger partial charge < -0.3 is 9.84 Å². The van der Waals surface area contributed by atoms with Gasteiger partial charge in [-0.05, 0) is 37.6 Å². The van der Waals surface area contributed by atoms with Gasteiger partial charge in [-0.25, -0.2) is 4.79 Å². The smallest absolute Gasteiger partial charge is 0.349 e. The van der Waals surface area contributed by atoms with Crippen molar-refractivity contribution in [2.24, 2.45) is 11.8 Å². The van der Waals surface area contributed by atoms with Crippen LogP contribution >= 0.6 is 23.1 Å². The van der Waals surface area contributed by atoms with E-state index in [0.29, 0.717) is 21.6 Å². The van der Waals surface area contributed by atoms with Crippen molar-refractivity contribution in [1.29, 1.82) is 0 Å². The number of carbonyl (C=O) groups excluding carboxylic acids is 1. The van der Waals surface area contributed by atoms with Crippen molar-refractivity contribution >= 4 is 29.1 Å². The summed E-state index contributed by atoms with van der Waals surface area (Å²) in [6.45, 7) is 4.83. The second kappa shape index (κ2) is 5.34. The molecule has 1 aliphatic carbocycles. The van der Waals surface area contributed by atoms with Crippen LogP contribution in [0.1, 0.15) is 18.2 Å². The summed E-state index contributed by atoms with van der Waals surface area (Å²) in [7, 11) is 0. The van der Waals surface area contributed by atoms with Gasteiger partial charge in [-0.1, -0.05) is 12.1 Å². The molecule has 3 aliphatic heterocycles. The lowest BCUT2D eigenvalue weighted by molar-refractivity contribution is -0.171. The predicted octanol–water partition coefficient (Wildman–Crippen LogP) is 2.45. The van der Waals surface area contributed by atoms with Crippen molar-refractivity contribution in [3.8, 4) is 0 Å². The first-order chi connectivity index (χ1) is 11.1. The van der Waals surface area contributed by atoms with Gasteiger partial charge in [-0.2, -0.15) is 0 Å². The number of rotatable bonds is 5. The third-order valence-electron chi connectivity index (χ3n) is 5.61. The van der Waals surface area contributed by atoms with Gasteiger partial charge in [-0.3, -0.25) is 4.90 Å². The lowest BCUT2D eigenvalue weighted by Gasteiger charge is -2.32. The Balaban J connectivity index is 1.64. The molecule has 124 valence electrons. The lowest BCUT2D eigenvalue weighted by atomic mass is 10.0. The maximum atomic E-state index is 13.0. The molecule has 4 bridgehead atoms. The van der Waals surface area contributed by atoms with Gasteiger partial charge in [0, 0.05) is 29.8 Å². The first-order valence-electron chi connectivity index (χ1n) is 7.99.